The van der Waals surface area contributed by atoms with Crippen LogP contribution >= 0.6 is 0 Å². The van der Waals surface area contributed by atoms with Crippen molar-refractivity contribution in [3.05, 3.63) is 30.1 Å². The lowest BCUT2D eigenvalue weighted by molar-refractivity contribution is 0.253. The van der Waals surface area contributed by atoms with Crippen LogP contribution in [0.2, 0.25) is 0 Å². The average molecular weight is 279 g/mol. The van der Waals surface area contributed by atoms with Crippen LogP contribution in [0.15, 0.2) is 24.3 Å². The molecule has 0 bridgehead atoms. The zero-order valence-electron chi connectivity index (χ0n) is 12.6. The summed E-state index contributed by atoms with van der Waals surface area (Å²) >= 11 is 0. The van der Waals surface area contributed by atoms with Crippen LogP contribution in [-0.4, -0.2) is 50.2 Å². The fourth-order valence-corrected chi connectivity index (χ4v) is 2.57. The summed E-state index contributed by atoms with van der Waals surface area (Å²) in [5, 5.41) is 3.45. The molecule has 1 aliphatic heterocycles. The summed E-state index contributed by atoms with van der Waals surface area (Å²) in [5.41, 5.74) is 1.13. The molecule has 0 radical (unpaired) electrons. The molecule has 0 aromatic heterocycles. The Morgan fingerprint density at radius 3 is 2.35 bits per heavy atom. The van der Waals surface area contributed by atoms with Crippen molar-refractivity contribution in [3.8, 4) is 0 Å². The molecule has 112 valence electrons. The van der Waals surface area contributed by atoms with Gasteiger partial charge in [-0.15, -0.1) is 0 Å². The second kappa shape index (κ2) is 7.60. The molecule has 0 atom stereocenters. The van der Waals surface area contributed by atoms with Gasteiger partial charge in [-0.2, -0.15) is 0 Å². The molecular formula is C16H26FN3. The molecule has 0 spiro atoms. The van der Waals surface area contributed by atoms with Crippen molar-refractivity contribution in [1.82, 2.24) is 10.2 Å². The van der Waals surface area contributed by atoms with Crippen LogP contribution < -0.4 is 10.2 Å². The smallest absolute Gasteiger partial charge is 0.123 e. The summed E-state index contributed by atoms with van der Waals surface area (Å²) in [5.74, 6) is -0.162. The number of nitrogens with zero attached hydrogens (tertiary/aromatic N) is 2. The molecule has 1 aromatic rings. The highest BCUT2D eigenvalue weighted by atomic mass is 19.1. The summed E-state index contributed by atoms with van der Waals surface area (Å²) in [4.78, 5) is 4.85. The SMILES string of the molecule is CC(C)NCCCN1CCN(c2ccc(F)cc2)CC1. The number of rotatable bonds is 6. The number of anilines is 1. The fraction of sp³-hybridized carbons (Fsp3) is 0.625. The van der Waals surface area contributed by atoms with Gasteiger partial charge in [0.25, 0.3) is 0 Å². The van der Waals surface area contributed by atoms with E-state index in [1.807, 2.05) is 12.1 Å². The molecule has 0 unspecified atom stereocenters. The minimum atomic E-state index is -0.162. The molecule has 1 aliphatic rings. The molecule has 2 rings (SSSR count). The van der Waals surface area contributed by atoms with E-state index in [2.05, 4.69) is 29.0 Å². The highest BCUT2D eigenvalue weighted by molar-refractivity contribution is 5.46. The molecule has 1 heterocycles. The van der Waals surface area contributed by atoms with E-state index in [-0.39, 0.29) is 5.82 Å². The van der Waals surface area contributed by atoms with E-state index >= 15 is 0 Å². The lowest BCUT2D eigenvalue weighted by Crippen LogP contribution is -2.47. The summed E-state index contributed by atoms with van der Waals surface area (Å²) in [6, 6.07) is 7.40. The molecule has 1 N–H and O–H groups in total. The summed E-state index contributed by atoms with van der Waals surface area (Å²) in [6.45, 7) is 10.9. The number of nitrogens with one attached hydrogen (secondary N) is 1. The van der Waals surface area contributed by atoms with Gasteiger partial charge in [0.1, 0.15) is 5.82 Å². The van der Waals surface area contributed by atoms with E-state index in [0.717, 1.165) is 45.0 Å². The minimum absolute atomic E-state index is 0.162. The Labute approximate surface area is 121 Å². The summed E-state index contributed by atoms with van der Waals surface area (Å²) < 4.78 is 12.9. The van der Waals surface area contributed by atoms with E-state index in [1.54, 1.807) is 12.1 Å². The van der Waals surface area contributed by atoms with Crippen molar-refractivity contribution in [2.75, 3.05) is 44.2 Å². The molecule has 1 saturated heterocycles. The Morgan fingerprint density at radius 2 is 1.75 bits per heavy atom. The minimum Gasteiger partial charge on any atom is -0.369 e. The van der Waals surface area contributed by atoms with Crippen LogP contribution in [0.4, 0.5) is 10.1 Å². The summed E-state index contributed by atoms with van der Waals surface area (Å²) in [7, 11) is 0. The van der Waals surface area contributed by atoms with Crippen LogP contribution in [-0.2, 0) is 0 Å². The van der Waals surface area contributed by atoms with Crippen molar-refractivity contribution < 1.29 is 4.39 Å². The van der Waals surface area contributed by atoms with Gasteiger partial charge in [-0.25, -0.2) is 4.39 Å². The van der Waals surface area contributed by atoms with E-state index in [9.17, 15) is 4.39 Å². The zero-order valence-corrected chi connectivity index (χ0v) is 12.6. The maximum atomic E-state index is 12.9. The monoisotopic (exact) mass is 279 g/mol. The Hall–Kier alpha value is -1.13. The maximum Gasteiger partial charge on any atom is 0.123 e. The largest absolute Gasteiger partial charge is 0.369 e. The van der Waals surface area contributed by atoms with Gasteiger partial charge in [0.05, 0.1) is 0 Å². The topological polar surface area (TPSA) is 18.5 Å². The van der Waals surface area contributed by atoms with E-state index < -0.39 is 0 Å². The van der Waals surface area contributed by atoms with Gasteiger partial charge in [-0.05, 0) is 43.8 Å². The summed E-state index contributed by atoms with van der Waals surface area (Å²) in [6.07, 6.45) is 1.20. The first-order valence-electron chi connectivity index (χ1n) is 7.61. The number of hydrogen-bond acceptors (Lipinski definition) is 3. The Morgan fingerprint density at radius 1 is 1.10 bits per heavy atom. The van der Waals surface area contributed by atoms with E-state index in [0.29, 0.717) is 6.04 Å². The molecule has 4 heteroatoms. The van der Waals surface area contributed by atoms with Crippen molar-refractivity contribution in [2.24, 2.45) is 0 Å². The Kier molecular flexibility index (Phi) is 5.80. The molecule has 0 saturated carbocycles. The van der Waals surface area contributed by atoms with E-state index in [1.165, 1.54) is 6.42 Å². The van der Waals surface area contributed by atoms with Crippen LogP contribution in [0.5, 0.6) is 0 Å². The number of halogens is 1. The molecule has 0 aliphatic carbocycles. The zero-order chi connectivity index (χ0) is 14.4. The van der Waals surface area contributed by atoms with Gasteiger partial charge < -0.3 is 10.2 Å². The normalized spacial score (nSPS) is 16.9. The van der Waals surface area contributed by atoms with Gasteiger partial charge in [0.15, 0.2) is 0 Å². The van der Waals surface area contributed by atoms with Gasteiger partial charge >= 0.3 is 0 Å². The van der Waals surface area contributed by atoms with Gasteiger partial charge in [-0.1, -0.05) is 13.8 Å². The predicted molar refractivity (Wildman–Crippen MR) is 82.8 cm³/mol. The Balaban J connectivity index is 1.68. The third kappa shape index (κ3) is 4.76. The standard InChI is InChI=1S/C16H26FN3/c1-14(2)18-8-3-9-19-10-12-20(13-11-19)16-6-4-15(17)5-7-16/h4-7,14,18H,3,8-13H2,1-2H3. The Bertz CT molecular complexity index is 383. The third-order valence-corrected chi connectivity index (χ3v) is 3.77. The fourth-order valence-electron chi connectivity index (χ4n) is 2.57. The second-order valence-electron chi connectivity index (χ2n) is 5.77. The van der Waals surface area contributed by atoms with Crippen LogP contribution in [0, 0.1) is 5.82 Å². The quantitative estimate of drug-likeness (QED) is 0.806. The molecule has 3 nitrogen and oxygen atoms in total. The molecule has 1 fully saturated rings. The van der Waals surface area contributed by atoms with Gasteiger partial charge in [0.2, 0.25) is 0 Å². The van der Waals surface area contributed by atoms with Gasteiger partial charge in [0, 0.05) is 37.9 Å². The van der Waals surface area contributed by atoms with Crippen molar-refractivity contribution >= 4 is 5.69 Å². The first-order valence-corrected chi connectivity index (χ1v) is 7.61. The lowest BCUT2D eigenvalue weighted by Gasteiger charge is -2.36. The van der Waals surface area contributed by atoms with Crippen LogP contribution in [0.1, 0.15) is 20.3 Å². The third-order valence-electron chi connectivity index (χ3n) is 3.77. The molecule has 0 amide bonds. The lowest BCUT2D eigenvalue weighted by atomic mass is 10.2. The first-order chi connectivity index (χ1) is 9.65. The maximum absolute atomic E-state index is 12.9. The highest BCUT2D eigenvalue weighted by Crippen LogP contribution is 2.16. The molecular weight excluding hydrogens is 253 g/mol. The number of benzene rings is 1. The number of hydrogen-bond donors (Lipinski definition) is 1. The second-order valence-corrected chi connectivity index (χ2v) is 5.77. The first kappa shape index (κ1) is 15.3. The predicted octanol–water partition coefficient (Wildman–Crippen LogP) is 2.34. The molecule has 1 aromatic carbocycles. The van der Waals surface area contributed by atoms with Crippen LogP contribution in [0.3, 0.4) is 0 Å². The van der Waals surface area contributed by atoms with Crippen molar-refractivity contribution in [3.63, 3.8) is 0 Å². The van der Waals surface area contributed by atoms with E-state index in [4.69, 9.17) is 0 Å². The van der Waals surface area contributed by atoms with Crippen molar-refractivity contribution in [1.29, 1.82) is 0 Å². The average Bonchev–Trinajstić information content (AvgIpc) is 2.45. The van der Waals surface area contributed by atoms with Gasteiger partial charge in [-0.3, -0.25) is 4.90 Å². The number of piperazine rings is 1. The molecule has 20 heavy (non-hydrogen) atoms. The van der Waals surface area contributed by atoms with Crippen molar-refractivity contribution in [2.45, 2.75) is 26.3 Å². The van der Waals surface area contributed by atoms with Crippen LogP contribution in [0.25, 0.3) is 0 Å². The highest BCUT2D eigenvalue weighted by Gasteiger charge is 2.16.